The number of nitrogens with zero attached hydrogens (tertiary/aromatic N) is 4. The van der Waals surface area contributed by atoms with E-state index in [0.717, 1.165) is 22.3 Å². The van der Waals surface area contributed by atoms with Gasteiger partial charge in [-0.15, -0.1) is 0 Å². The normalized spacial score (nSPS) is 12.5. The smallest absolute Gasteiger partial charge is 0.0890 e. The number of hydrogen-bond donors (Lipinski definition) is 1. The highest BCUT2D eigenvalue weighted by Gasteiger charge is 2.11. The lowest BCUT2D eigenvalue weighted by molar-refractivity contribution is 0.818. The van der Waals surface area contributed by atoms with Gasteiger partial charge in [-0.2, -0.15) is 0 Å². The van der Waals surface area contributed by atoms with E-state index in [4.69, 9.17) is 5.73 Å². The Bertz CT molecular complexity index is 668. The average molecular weight is 237 g/mol. The molecule has 0 saturated carbocycles. The molecule has 0 saturated heterocycles. The maximum absolute atomic E-state index is 6.16. The molecule has 2 heterocycles. The molecule has 5 nitrogen and oxygen atoms in total. The minimum Gasteiger partial charge on any atom is -0.319 e. The van der Waals surface area contributed by atoms with Crippen LogP contribution in [0.4, 0.5) is 0 Å². The SMILES string of the molecule is NC(c1ccc2nccnc2c1)c1cnccn1. The zero-order valence-electron chi connectivity index (χ0n) is 9.56. The number of aromatic nitrogens is 4. The Labute approximate surface area is 104 Å². The van der Waals surface area contributed by atoms with Crippen LogP contribution in [0.1, 0.15) is 17.3 Å². The molecule has 5 heteroatoms. The van der Waals surface area contributed by atoms with Crippen molar-refractivity contribution in [1.82, 2.24) is 19.9 Å². The van der Waals surface area contributed by atoms with Crippen LogP contribution in [0.15, 0.2) is 49.2 Å². The quantitative estimate of drug-likeness (QED) is 0.730. The van der Waals surface area contributed by atoms with Crippen molar-refractivity contribution in [2.45, 2.75) is 6.04 Å². The first-order valence-electron chi connectivity index (χ1n) is 5.57. The summed E-state index contributed by atoms with van der Waals surface area (Å²) >= 11 is 0. The van der Waals surface area contributed by atoms with E-state index in [1.807, 2.05) is 18.2 Å². The summed E-state index contributed by atoms with van der Waals surface area (Å²) in [4.78, 5) is 16.7. The molecule has 1 atom stereocenters. The van der Waals surface area contributed by atoms with Gasteiger partial charge in [-0.25, -0.2) is 0 Å². The molecular weight excluding hydrogens is 226 g/mol. The van der Waals surface area contributed by atoms with Gasteiger partial charge in [0.15, 0.2) is 0 Å². The van der Waals surface area contributed by atoms with Crippen molar-refractivity contribution in [3.8, 4) is 0 Å². The van der Waals surface area contributed by atoms with Crippen molar-refractivity contribution in [1.29, 1.82) is 0 Å². The molecule has 3 rings (SSSR count). The molecule has 18 heavy (non-hydrogen) atoms. The van der Waals surface area contributed by atoms with Gasteiger partial charge in [0.25, 0.3) is 0 Å². The molecule has 1 unspecified atom stereocenters. The van der Waals surface area contributed by atoms with Gasteiger partial charge in [-0.1, -0.05) is 6.07 Å². The van der Waals surface area contributed by atoms with Crippen LogP contribution >= 0.6 is 0 Å². The molecule has 0 spiro atoms. The van der Waals surface area contributed by atoms with Crippen molar-refractivity contribution in [3.05, 3.63) is 60.4 Å². The fraction of sp³-hybridized carbons (Fsp3) is 0.0769. The van der Waals surface area contributed by atoms with Crippen LogP contribution in [0.25, 0.3) is 11.0 Å². The van der Waals surface area contributed by atoms with Crippen LogP contribution in [0.2, 0.25) is 0 Å². The first kappa shape index (κ1) is 10.7. The van der Waals surface area contributed by atoms with E-state index in [0.29, 0.717) is 0 Å². The van der Waals surface area contributed by atoms with Crippen LogP contribution < -0.4 is 5.73 Å². The minimum atomic E-state index is -0.301. The fourth-order valence-electron chi connectivity index (χ4n) is 1.82. The molecule has 3 aromatic rings. The van der Waals surface area contributed by atoms with Gasteiger partial charge in [0.1, 0.15) is 0 Å². The van der Waals surface area contributed by atoms with Crippen LogP contribution in [-0.2, 0) is 0 Å². The van der Waals surface area contributed by atoms with Gasteiger partial charge in [-0.3, -0.25) is 19.9 Å². The minimum absolute atomic E-state index is 0.301. The fourth-order valence-corrected chi connectivity index (χ4v) is 1.82. The lowest BCUT2D eigenvalue weighted by Gasteiger charge is -2.11. The molecule has 2 aromatic heterocycles. The van der Waals surface area contributed by atoms with Crippen molar-refractivity contribution in [2.24, 2.45) is 5.73 Å². The Balaban J connectivity index is 2.04. The van der Waals surface area contributed by atoms with E-state index in [1.54, 1.807) is 31.0 Å². The molecule has 1 aromatic carbocycles. The van der Waals surface area contributed by atoms with Gasteiger partial charge in [-0.05, 0) is 17.7 Å². The van der Waals surface area contributed by atoms with Crippen LogP contribution in [0.3, 0.4) is 0 Å². The molecule has 0 radical (unpaired) electrons. The van der Waals surface area contributed by atoms with Gasteiger partial charge >= 0.3 is 0 Å². The van der Waals surface area contributed by atoms with Crippen molar-refractivity contribution >= 4 is 11.0 Å². The standard InChI is InChI=1S/C13H11N5/c14-13(12-8-15-3-4-18-12)9-1-2-10-11(7-9)17-6-5-16-10/h1-8,13H,14H2. The van der Waals surface area contributed by atoms with Crippen molar-refractivity contribution < 1.29 is 0 Å². The predicted molar refractivity (Wildman–Crippen MR) is 67.6 cm³/mol. The van der Waals surface area contributed by atoms with E-state index in [-0.39, 0.29) is 6.04 Å². The van der Waals surface area contributed by atoms with E-state index in [2.05, 4.69) is 19.9 Å². The largest absolute Gasteiger partial charge is 0.319 e. The van der Waals surface area contributed by atoms with Crippen LogP contribution in [0.5, 0.6) is 0 Å². The molecular formula is C13H11N5. The number of fused-ring (bicyclic) bond motifs is 1. The highest BCUT2D eigenvalue weighted by atomic mass is 14.8. The first-order chi connectivity index (χ1) is 8.84. The monoisotopic (exact) mass is 237 g/mol. The number of nitrogens with two attached hydrogens (primary N) is 1. The third-order valence-electron chi connectivity index (χ3n) is 2.75. The third-order valence-corrected chi connectivity index (χ3v) is 2.75. The Morgan fingerprint density at radius 3 is 2.44 bits per heavy atom. The van der Waals surface area contributed by atoms with Gasteiger partial charge in [0, 0.05) is 24.8 Å². The number of hydrogen-bond acceptors (Lipinski definition) is 5. The Morgan fingerprint density at radius 1 is 0.889 bits per heavy atom. The molecule has 0 aliphatic carbocycles. The zero-order chi connectivity index (χ0) is 12.4. The number of benzene rings is 1. The molecule has 0 bridgehead atoms. The summed E-state index contributed by atoms with van der Waals surface area (Å²) in [6.45, 7) is 0. The maximum atomic E-state index is 6.16. The highest BCUT2D eigenvalue weighted by Crippen LogP contribution is 2.19. The summed E-state index contributed by atoms with van der Waals surface area (Å²) in [5.41, 5.74) is 9.52. The van der Waals surface area contributed by atoms with Crippen LogP contribution in [0, 0.1) is 0 Å². The Hall–Kier alpha value is -2.40. The Morgan fingerprint density at radius 2 is 1.67 bits per heavy atom. The highest BCUT2D eigenvalue weighted by molar-refractivity contribution is 5.74. The van der Waals surface area contributed by atoms with Crippen molar-refractivity contribution in [2.75, 3.05) is 0 Å². The lowest BCUT2D eigenvalue weighted by Crippen LogP contribution is -2.13. The third kappa shape index (κ3) is 1.91. The second-order valence-corrected chi connectivity index (χ2v) is 3.91. The molecule has 0 fully saturated rings. The van der Waals surface area contributed by atoms with Gasteiger partial charge < -0.3 is 5.73 Å². The van der Waals surface area contributed by atoms with Gasteiger partial charge in [0.2, 0.25) is 0 Å². The molecule has 88 valence electrons. The molecule has 0 aliphatic heterocycles. The summed E-state index contributed by atoms with van der Waals surface area (Å²) in [5.74, 6) is 0. The van der Waals surface area contributed by atoms with E-state index in [1.165, 1.54) is 0 Å². The van der Waals surface area contributed by atoms with E-state index in [9.17, 15) is 0 Å². The second kappa shape index (κ2) is 4.46. The van der Waals surface area contributed by atoms with E-state index < -0.39 is 0 Å². The lowest BCUT2D eigenvalue weighted by atomic mass is 10.0. The second-order valence-electron chi connectivity index (χ2n) is 3.91. The summed E-state index contributed by atoms with van der Waals surface area (Å²) in [6.07, 6.45) is 8.27. The summed E-state index contributed by atoms with van der Waals surface area (Å²) < 4.78 is 0. The number of rotatable bonds is 2. The average Bonchev–Trinajstić information content (AvgIpc) is 2.47. The predicted octanol–water partition coefficient (Wildman–Crippen LogP) is 1.47. The first-order valence-corrected chi connectivity index (χ1v) is 5.57. The summed E-state index contributed by atoms with van der Waals surface area (Å²) in [7, 11) is 0. The van der Waals surface area contributed by atoms with Gasteiger partial charge in [0.05, 0.1) is 29.0 Å². The maximum Gasteiger partial charge on any atom is 0.0890 e. The molecule has 2 N–H and O–H groups in total. The molecule has 0 amide bonds. The Kier molecular flexibility index (Phi) is 2.66. The van der Waals surface area contributed by atoms with Crippen LogP contribution in [-0.4, -0.2) is 19.9 Å². The summed E-state index contributed by atoms with van der Waals surface area (Å²) in [5, 5.41) is 0. The topological polar surface area (TPSA) is 77.6 Å². The van der Waals surface area contributed by atoms with E-state index >= 15 is 0 Å². The zero-order valence-corrected chi connectivity index (χ0v) is 9.56. The molecule has 0 aliphatic rings. The summed E-state index contributed by atoms with van der Waals surface area (Å²) in [6, 6.07) is 5.48. The van der Waals surface area contributed by atoms with Crippen molar-refractivity contribution in [3.63, 3.8) is 0 Å².